The lowest BCUT2D eigenvalue weighted by atomic mass is 10.2. The number of benzene rings is 1. The Kier molecular flexibility index (Phi) is 7.07. The molecule has 0 bridgehead atoms. The van der Waals surface area contributed by atoms with Crippen LogP contribution in [0.1, 0.15) is 22.5 Å². The molecule has 5 heterocycles. The van der Waals surface area contributed by atoms with Crippen molar-refractivity contribution in [3.05, 3.63) is 105 Å². The second-order valence-electron chi connectivity index (χ2n) is 9.68. The fourth-order valence-corrected chi connectivity index (χ4v) is 6.14. The highest BCUT2D eigenvalue weighted by molar-refractivity contribution is 8.26. The minimum Gasteiger partial charge on any atom is -0.467 e. The Morgan fingerprint density at radius 1 is 1.00 bits per heavy atom. The van der Waals surface area contributed by atoms with Crippen molar-refractivity contribution in [2.24, 2.45) is 0 Å². The first-order valence-electron chi connectivity index (χ1n) is 12.8. The van der Waals surface area contributed by atoms with Crippen molar-refractivity contribution in [3.63, 3.8) is 0 Å². The zero-order valence-electron chi connectivity index (χ0n) is 21.4. The second-order valence-corrected chi connectivity index (χ2v) is 11.4. The van der Waals surface area contributed by atoms with Crippen molar-refractivity contribution in [1.29, 1.82) is 0 Å². The number of furan rings is 1. The number of rotatable bonds is 6. The third kappa shape index (κ3) is 5.27. The lowest BCUT2D eigenvalue weighted by Gasteiger charge is -2.36. The molecular weight excluding hydrogens is 530 g/mol. The van der Waals surface area contributed by atoms with Gasteiger partial charge in [-0.25, -0.2) is 4.98 Å². The summed E-state index contributed by atoms with van der Waals surface area (Å²) in [6.45, 7) is 6.20. The molecule has 1 amide bonds. The molecule has 2 aliphatic heterocycles. The van der Waals surface area contributed by atoms with E-state index in [4.69, 9.17) is 21.6 Å². The Morgan fingerprint density at radius 3 is 2.54 bits per heavy atom. The van der Waals surface area contributed by atoms with Crippen LogP contribution in [0.25, 0.3) is 11.7 Å². The molecule has 1 aromatic carbocycles. The number of aryl methyl sites for hydroxylation is 1. The molecule has 8 nitrogen and oxygen atoms in total. The van der Waals surface area contributed by atoms with Gasteiger partial charge < -0.3 is 9.32 Å². The summed E-state index contributed by atoms with van der Waals surface area (Å²) in [7, 11) is 0. The number of anilines is 1. The molecule has 2 saturated heterocycles. The number of thioether (sulfide) groups is 1. The summed E-state index contributed by atoms with van der Waals surface area (Å²) in [5, 5.41) is 0. The molecule has 2 aliphatic rings. The van der Waals surface area contributed by atoms with Crippen LogP contribution in [0, 0.1) is 6.92 Å². The molecule has 198 valence electrons. The normalized spacial score (nSPS) is 17.6. The van der Waals surface area contributed by atoms with Gasteiger partial charge in [0.15, 0.2) is 0 Å². The topological polar surface area (TPSA) is 74.3 Å². The molecule has 2 fully saturated rings. The summed E-state index contributed by atoms with van der Waals surface area (Å²) < 4.78 is 7.40. The summed E-state index contributed by atoms with van der Waals surface area (Å²) >= 11 is 6.70. The lowest BCUT2D eigenvalue weighted by Crippen LogP contribution is -2.47. The number of nitrogens with zero attached hydrogens (tertiary/aromatic N) is 5. The number of piperazine rings is 1. The highest BCUT2D eigenvalue weighted by atomic mass is 32.2. The molecule has 0 atom stereocenters. The van der Waals surface area contributed by atoms with E-state index in [1.807, 2.05) is 25.1 Å². The number of carbonyl (C=O) groups excluding carboxylic acids is 1. The van der Waals surface area contributed by atoms with E-state index in [1.165, 1.54) is 22.2 Å². The van der Waals surface area contributed by atoms with Gasteiger partial charge in [0.25, 0.3) is 11.5 Å². The van der Waals surface area contributed by atoms with Crippen molar-refractivity contribution in [3.8, 4) is 0 Å². The predicted molar refractivity (Wildman–Crippen MR) is 158 cm³/mol. The highest BCUT2D eigenvalue weighted by Gasteiger charge is 2.34. The molecule has 10 heteroatoms. The van der Waals surface area contributed by atoms with E-state index in [0.717, 1.165) is 38.3 Å². The van der Waals surface area contributed by atoms with Crippen molar-refractivity contribution in [2.45, 2.75) is 20.0 Å². The van der Waals surface area contributed by atoms with E-state index in [0.29, 0.717) is 32.0 Å². The van der Waals surface area contributed by atoms with Crippen LogP contribution in [0.2, 0.25) is 0 Å². The molecule has 6 rings (SSSR count). The molecule has 0 radical (unpaired) electrons. The summed E-state index contributed by atoms with van der Waals surface area (Å²) in [4.78, 5) is 38.5. The van der Waals surface area contributed by atoms with Crippen molar-refractivity contribution < 1.29 is 9.21 Å². The molecule has 0 N–H and O–H groups in total. The number of pyridine rings is 1. The molecule has 0 spiro atoms. The van der Waals surface area contributed by atoms with Gasteiger partial charge in [0.05, 0.1) is 23.3 Å². The van der Waals surface area contributed by atoms with Gasteiger partial charge in [-0.2, -0.15) is 0 Å². The standard InChI is InChI=1S/C29H27N5O3S2/c1-20-9-10-25-30-26(32-13-11-31(12-14-32)18-21-6-3-2-4-7-21)23(27(35)33(25)17-20)16-24-28(36)34(29(38)39-24)19-22-8-5-15-37-22/h2-10,15-17H,11-14,18-19H2,1H3/b24-16-. The van der Waals surface area contributed by atoms with Crippen LogP contribution in [-0.4, -0.2) is 55.6 Å². The van der Waals surface area contributed by atoms with Gasteiger partial charge in [0, 0.05) is 38.9 Å². The van der Waals surface area contributed by atoms with Gasteiger partial charge in [-0.15, -0.1) is 0 Å². The Hall–Kier alpha value is -3.73. The van der Waals surface area contributed by atoms with Crippen LogP contribution in [0.3, 0.4) is 0 Å². The average molecular weight is 558 g/mol. The van der Waals surface area contributed by atoms with Crippen LogP contribution >= 0.6 is 24.0 Å². The van der Waals surface area contributed by atoms with Gasteiger partial charge >= 0.3 is 0 Å². The second kappa shape index (κ2) is 10.8. The summed E-state index contributed by atoms with van der Waals surface area (Å²) in [5.41, 5.74) is 3.00. The summed E-state index contributed by atoms with van der Waals surface area (Å²) in [6, 6.07) is 17.8. The maximum Gasteiger partial charge on any atom is 0.267 e. The van der Waals surface area contributed by atoms with E-state index in [2.05, 4.69) is 34.1 Å². The Balaban J connectivity index is 1.32. The Labute approximate surface area is 235 Å². The number of hydrogen-bond acceptors (Lipinski definition) is 8. The third-order valence-corrected chi connectivity index (χ3v) is 8.33. The zero-order valence-corrected chi connectivity index (χ0v) is 23.1. The number of amides is 1. The van der Waals surface area contributed by atoms with Gasteiger partial charge in [-0.1, -0.05) is 60.4 Å². The Bertz CT molecular complexity index is 1620. The van der Waals surface area contributed by atoms with E-state index >= 15 is 0 Å². The van der Waals surface area contributed by atoms with Crippen LogP contribution in [0.5, 0.6) is 0 Å². The number of hydrogen-bond donors (Lipinski definition) is 0. The Morgan fingerprint density at radius 2 is 1.79 bits per heavy atom. The quantitative estimate of drug-likeness (QED) is 0.256. The minimum atomic E-state index is -0.242. The molecule has 0 saturated carbocycles. The van der Waals surface area contributed by atoms with Crippen LogP contribution in [0.4, 0.5) is 5.82 Å². The maximum atomic E-state index is 13.8. The smallest absolute Gasteiger partial charge is 0.267 e. The van der Waals surface area contributed by atoms with Crippen LogP contribution in [0.15, 0.2) is 81.2 Å². The van der Waals surface area contributed by atoms with Crippen molar-refractivity contribution >= 4 is 51.7 Å². The number of carbonyl (C=O) groups is 1. The van der Waals surface area contributed by atoms with Gasteiger partial charge in [0.1, 0.15) is 21.5 Å². The zero-order chi connectivity index (χ0) is 26.9. The SMILES string of the molecule is Cc1ccc2nc(N3CCN(Cc4ccccc4)CC3)c(/C=C3\SC(=S)N(Cc4ccco4)C3=O)c(=O)n2c1. The highest BCUT2D eigenvalue weighted by Crippen LogP contribution is 2.34. The van der Waals surface area contributed by atoms with Gasteiger partial charge in [0.2, 0.25) is 0 Å². The molecule has 39 heavy (non-hydrogen) atoms. The van der Waals surface area contributed by atoms with E-state index in [-0.39, 0.29) is 18.0 Å². The fourth-order valence-electron chi connectivity index (χ4n) is 4.90. The summed E-state index contributed by atoms with van der Waals surface area (Å²) in [6.07, 6.45) is 5.02. The van der Waals surface area contributed by atoms with Crippen molar-refractivity contribution in [2.75, 3.05) is 31.1 Å². The van der Waals surface area contributed by atoms with E-state index in [1.54, 1.807) is 35.1 Å². The lowest BCUT2D eigenvalue weighted by molar-refractivity contribution is -0.122. The van der Waals surface area contributed by atoms with Crippen LogP contribution in [-0.2, 0) is 17.9 Å². The first-order chi connectivity index (χ1) is 19.0. The van der Waals surface area contributed by atoms with E-state index in [9.17, 15) is 9.59 Å². The monoisotopic (exact) mass is 557 g/mol. The first kappa shape index (κ1) is 25.5. The summed E-state index contributed by atoms with van der Waals surface area (Å²) in [5.74, 6) is 0.998. The van der Waals surface area contributed by atoms with Gasteiger partial charge in [-0.05, 0) is 42.3 Å². The van der Waals surface area contributed by atoms with Gasteiger partial charge in [-0.3, -0.25) is 23.8 Å². The first-order valence-corrected chi connectivity index (χ1v) is 14.0. The molecule has 0 aliphatic carbocycles. The molecule has 4 aromatic rings. The minimum absolute atomic E-state index is 0.207. The maximum absolute atomic E-state index is 13.8. The largest absolute Gasteiger partial charge is 0.467 e. The van der Waals surface area contributed by atoms with Crippen molar-refractivity contribution in [1.82, 2.24) is 19.2 Å². The molecule has 0 unspecified atom stereocenters. The average Bonchev–Trinajstić information content (AvgIpc) is 3.55. The number of thiocarbonyl (C=S) groups is 1. The third-order valence-electron chi connectivity index (χ3n) is 6.95. The number of fused-ring (bicyclic) bond motifs is 1. The molecular formula is C29H27N5O3S2. The fraction of sp³-hybridized carbons (Fsp3) is 0.241. The van der Waals surface area contributed by atoms with Crippen LogP contribution < -0.4 is 10.5 Å². The number of aromatic nitrogens is 2. The van der Waals surface area contributed by atoms with E-state index < -0.39 is 0 Å². The predicted octanol–water partition coefficient (Wildman–Crippen LogP) is 4.32. The molecule has 3 aromatic heterocycles.